The van der Waals surface area contributed by atoms with Crippen molar-refractivity contribution in [1.82, 2.24) is 20.7 Å². The molecule has 0 aromatic carbocycles. The number of thioether (sulfide) groups is 1. The van der Waals surface area contributed by atoms with Crippen LogP contribution in [0.3, 0.4) is 0 Å². The summed E-state index contributed by atoms with van der Waals surface area (Å²) in [7, 11) is 0. The van der Waals surface area contributed by atoms with Crippen molar-refractivity contribution in [1.29, 1.82) is 0 Å². The summed E-state index contributed by atoms with van der Waals surface area (Å²) in [6.07, 6.45) is 3.38. The Balaban J connectivity index is 1.61. The van der Waals surface area contributed by atoms with Gasteiger partial charge in [-0.25, -0.2) is 4.99 Å². The summed E-state index contributed by atoms with van der Waals surface area (Å²) in [6.45, 7) is 12.4. The lowest BCUT2D eigenvalue weighted by Gasteiger charge is -2.43. The van der Waals surface area contributed by atoms with Crippen LogP contribution < -0.4 is 10.6 Å². The van der Waals surface area contributed by atoms with Crippen molar-refractivity contribution >= 4 is 17.7 Å². The van der Waals surface area contributed by atoms with E-state index in [0.29, 0.717) is 12.5 Å². The molecule has 2 aliphatic rings. The standard InChI is InChI=1S/C21H37N5O2S/c1-4-17(5-2)19-13-18(28-25-19)14-23-20(22-6-3)24-15-21(7-12-29-16-21)26-8-10-27-11-9-26/h13,17H,4-12,14-16H2,1-3H3,(H2,22,23,24). The Morgan fingerprint density at radius 3 is 2.72 bits per heavy atom. The topological polar surface area (TPSA) is 74.9 Å². The fourth-order valence-electron chi connectivity index (χ4n) is 4.18. The van der Waals surface area contributed by atoms with Gasteiger partial charge < -0.3 is 19.9 Å². The molecule has 2 aliphatic heterocycles. The maximum Gasteiger partial charge on any atom is 0.191 e. The molecule has 3 heterocycles. The van der Waals surface area contributed by atoms with Gasteiger partial charge in [0.2, 0.25) is 0 Å². The van der Waals surface area contributed by atoms with Crippen LogP contribution in [0, 0.1) is 0 Å². The molecule has 1 unspecified atom stereocenters. The first kappa shape index (κ1) is 22.4. The van der Waals surface area contributed by atoms with E-state index in [0.717, 1.165) is 69.6 Å². The van der Waals surface area contributed by atoms with Crippen LogP contribution >= 0.6 is 11.8 Å². The predicted octanol–water partition coefficient (Wildman–Crippen LogP) is 2.84. The van der Waals surface area contributed by atoms with E-state index in [2.05, 4.69) is 59.3 Å². The fraction of sp³-hybridized carbons (Fsp3) is 0.810. The molecule has 0 amide bonds. The van der Waals surface area contributed by atoms with E-state index in [1.54, 1.807) is 0 Å². The van der Waals surface area contributed by atoms with Gasteiger partial charge in [-0.2, -0.15) is 11.8 Å². The first-order valence-corrected chi connectivity index (χ1v) is 12.2. The summed E-state index contributed by atoms with van der Waals surface area (Å²) in [5.74, 6) is 4.53. The highest BCUT2D eigenvalue weighted by Crippen LogP contribution is 2.33. The number of ether oxygens (including phenoxy) is 1. The average molecular weight is 424 g/mol. The number of hydrogen-bond acceptors (Lipinski definition) is 6. The van der Waals surface area contributed by atoms with E-state index in [9.17, 15) is 0 Å². The number of nitrogens with one attached hydrogen (secondary N) is 2. The molecule has 29 heavy (non-hydrogen) atoms. The lowest BCUT2D eigenvalue weighted by molar-refractivity contribution is -0.0120. The van der Waals surface area contributed by atoms with Crippen molar-refractivity contribution in [3.8, 4) is 0 Å². The van der Waals surface area contributed by atoms with Crippen LogP contribution in [0.1, 0.15) is 57.4 Å². The van der Waals surface area contributed by atoms with Crippen LogP contribution in [0.25, 0.3) is 0 Å². The highest BCUT2D eigenvalue weighted by Gasteiger charge is 2.40. The van der Waals surface area contributed by atoms with E-state index in [-0.39, 0.29) is 5.54 Å². The summed E-state index contributed by atoms with van der Waals surface area (Å²) in [4.78, 5) is 7.37. The third-order valence-electron chi connectivity index (χ3n) is 6.07. The minimum atomic E-state index is 0.194. The van der Waals surface area contributed by atoms with Gasteiger partial charge in [-0.05, 0) is 31.9 Å². The van der Waals surface area contributed by atoms with Crippen LogP contribution in [0.4, 0.5) is 0 Å². The highest BCUT2D eigenvalue weighted by molar-refractivity contribution is 7.99. The second-order valence-corrected chi connectivity index (χ2v) is 9.01. The molecule has 2 saturated heterocycles. The third-order valence-corrected chi connectivity index (χ3v) is 7.30. The van der Waals surface area contributed by atoms with Gasteiger partial charge >= 0.3 is 0 Å². The zero-order valence-corrected chi connectivity index (χ0v) is 19.0. The normalized spacial score (nSPS) is 23.7. The minimum Gasteiger partial charge on any atom is -0.379 e. The summed E-state index contributed by atoms with van der Waals surface area (Å²) < 4.78 is 11.1. The molecule has 8 heteroatoms. The molecule has 0 bridgehead atoms. The lowest BCUT2D eigenvalue weighted by atomic mass is 9.95. The van der Waals surface area contributed by atoms with Crippen molar-refractivity contribution in [3.63, 3.8) is 0 Å². The van der Waals surface area contributed by atoms with Crippen molar-refractivity contribution in [3.05, 3.63) is 17.5 Å². The number of guanidine groups is 1. The first-order chi connectivity index (χ1) is 14.2. The van der Waals surface area contributed by atoms with Gasteiger partial charge in [0.05, 0.1) is 18.9 Å². The van der Waals surface area contributed by atoms with Gasteiger partial charge in [0.1, 0.15) is 6.54 Å². The summed E-state index contributed by atoms with van der Waals surface area (Å²) in [5, 5.41) is 11.2. The van der Waals surface area contributed by atoms with E-state index in [1.165, 1.54) is 17.9 Å². The fourth-order valence-corrected chi connectivity index (χ4v) is 5.66. The molecule has 2 fully saturated rings. The van der Waals surface area contributed by atoms with Crippen molar-refractivity contribution in [2.45, 2.75) is 58.0 Å². The third kappa shape index (κ3) is 5.89. The van der Waals surface area contributed by atoms with E-state index >= 15 is 0 Å². The van der Waals surface area contributed by atoms with Crippen LogP contribution in [0.15, 0.2) is 15.6 Å². The van der Waals surface area contributed by atoms with E-state index in [1.807, 2.05) is 0 Å². The molecular weight excluding hydrogens is 386 g/mol. The molecule has 1 aromatic rings. The Kier molecular flexibility index (Phi) is 8.68. The number of nitrogens with zero attached hydrogens (tertiary/aromatic N) is 3. The molecule has 7 nitrogen and oxygen atoms in total. The second-order valence-electron chi connectivity index (χ2n) is 7.91. The quantitative estimate of drug-likeness (QED) is 0.467. The minimum absolute atomic E-state index is 0.194. The van der Waals surface area contributed by atoms with Gasteiger partial charge in [0.15, 0.2) is 11.7 Å². The van der Waals surface area contributed by atoms with Crippen LogP contribution in [-0.4, -0.2) is 72.5 Å². The Labute approximate surface area is 179 Å². The molecule has 164 valence electrons. The SMILES string of the molecule is CCNC(=NCc1cc(C(CC)CC)no1)NCC1(N2CCOCC2)CCSC1. The van der Waals surface area contributed by atoms with Crippen LogP contribution in [0.5, 0.6) is 0 Å². The molecule has 1 atom stereocenters. The average Bonchev–Trinajstić information content (AvgIpc) is 3.42. The molecule has 0 spiro atoms. The van der Waals surface area contributed by atoms with Gasteiger partial charge in [0.25, 0.3) is 0 Å². The zero-order valence-electron chi connectivity index (χ0n) is 18.2. The van der Waals surface area contributed by atoms with Gasteiger partial charge in [-0.1, -0.05) is 19.0 Å². The Bertz CT molecular complexity index is 635. The van der Waals surface area contributed by atoms with Gasteiger partial charge in [0, 0.05) is 49.5 Å². The molecule has 0 aliphatic carbocycles. The molecule has 1 aromatic heterocycles. The number of hydrogen-bond donors (Lipinski definition) is 2. The smallest absolute Gasteiger partial charge is 0.191 e. The van der Waals surface area contributed by atoms with Gasteiger partial charge in [-0.15, -0.1) is 0 Å². The first-order valence-electron chi connectivity index (χ1n) is 11.1. The predicted molar refractivity (Wildman–Crippen MR) is 120 cm³/mol. The zero-order chi connectivity index (χ0) is 20.5. The summed E-state index contributed by atoms with van der Waals surface area (Å²) in [6, 6.07) is 2.06. The molecular formula is C21H37N5O2S. The Hall–Kier alpha value is -1.25. The van der Waals surface area contributed by atoms with E-state index < -0.39 is 0 Å². The number of aromatic nitrogens is 1. The maximum atomic E-state index is 5.57. The summed E-state index contributed by atoms with van der Waals surface area (Å²) in [5.41, 5.74) is 1.24. The monoisotopic (exact) mass is 423 g/mol. The van der Waals surface area contributed by atoms with Gasteiger partial charge in [-0.3, -0.25) is 4.90 Å². The van der Waals surface area contributed by atoms with E-state index in [4.69, 9.17) is 14.3 Å². The lowest BCUT2D eigenvalue weighted by Crippen LogP contribution is -2.60. The van der Waals surface area contributed by atoms with Crippen molar-refractivity contribution in [2.75, 3.05) is 50.9 Å². The molecule has 0 radical (unpaired) electrons. The largest absolute Gasteiger partial charge is 0.379 e. The second kappa shape index (κ2) is 11.2. The molecule has 2 N–H and O–H groups in total. The maximum absolute atomic E-state index is 5.57. The van der Waals surface area contributed by atoms with Crippen molar-refractivity contribution < 1.29 is 9.26 Å². The number of aliphatic imine (C=N–C) groups is 1. The Morgan fingerprint density at radius 1 is 1.28 bits per heavy atom. The Morgan fingerprint density at radius 2 is 2.07 bits per heavy atom. The number of rotatable bonds is 9. The molecule has 0 saturated carbocycles. The van der Waals surface area contributed by atoms with Crippen LogP contribution in [0.2, 0.25) is 0 Å². The number of morpholine rings is 1. The molecule has 3 rings (SSSR count). The van der Waals surface area contributed by atoms with Crippen molar-refractivity contribution in [2.24, 2.45) is 4.99 Å². The highest BCUT2D eigenvalue weighted by atomic mass is 32.2. The van der Waals surface area contributed by atoms with Crippen LogP contribution in [-0.2, 0) is 11.3 Å². The summed E-state index contributed by atoms with van der Waals surface area (Å²) >= 11 is 2.05.